The van der Waals surface area contributed by atoms with E-state index in [9.17, 15) is 5.11 Å². The third-order valence-corrected chi connectivity index (χ3v) is 7.08. The van der Waals surface area contributed by atoms with Crippen molar-refractivity contribution in [1.82, 2.24) is 9.91 Å². The summed E-state index contributed by atoms with van der Waals surface area (Å²) in [5, 5.41) is 16.7. The predicted octanol–water partition coefficient (Wildman–Crippen LogP) is 4.43. The second kappa shape index (κ2) is 10.5. The van der Waals surface area contributed by atoms with Crippen molar-refractivity contribution >= 4 is 5.71 Å². The van der Waals surface area contributed by atoms with Crippen LogP contribution in [0.25, 0.3) is 0 Å². The molecule has 0 aromatic heterocycles. The largest absolute Gasteiger partial charge is 0.497 e. The molecule has 182 valence electrons. The van der Waals surface area contributed by atoms with Crippen molar-refractivity contribution in [1.29, 1.82) is 0 Å². The van der Waals surface area contributed by atoms with Crippen LogP contribution < -0.4 is 9.47 Å². The Balaban J connectivity index is 1.33. The van der Waals surface area contributed by atoms with Gasteiger partial charge in [-0.15, -0.1) is 0 Å². The summed E-state index contributed by atoms with van der Waals surface area (Å²) in [6, 6.07) is 23.1. The highest BCUT2D eigenvalue weighted by molar-refractivity contribution is 6.14. The summed E-state index contributed by atoms with van der Waals surface area (Å²) in [5.74, 6) is 1.72. The molecule has 0 radical (unpaired) electrons. The van der Waals surface area contributed by atoms with E-state index < -0.39 is 0 Å². The van der Waals surface area contributed by atoms with Gasteiger partial charge in [0.15, 0.2) is 0 Å². The first-order valence-corrected chi connectivity index (χ1v) is 12.2. The lowest BCUT2D eigenvalue weighted by atomic mass is 9.94. The van der Waals surface area contributed by atoms with Gasteiger partial charge in [-0.05, 0) is 72.0 Å². The normalized spacial score (nSPS) is 16.5. The molecule has 0 unspecified atom stereocenters. The molecular weight excluding hydrogens is 438 g/mol. The number of hydrazone groups is 1. The summed E-state index contributed by atoms with van der Waals surface area (Å²) in [6.45, 7) is 3.91. The summed E-state index contributed by atoms with van der Waals surface area (Å²) < 4.78 is 10.9. The van der Waals surface area contributed by atoms with E-state index in [-0.39, 0.29) is 6.61 Å². The number of piperidine rings is 1. The first-order chi connectivity index (χ1) is 17.2. The Bertz CT molecular complexity index is 1170. The lowest BCUT2D eigenvalue weighted by molar-refractivity contribution is 0.100. The smallest absolute Gasteiger partial charge is 0.119 e. The van der Waals surface area contributed by atoms with E-state index in [1.165, 1.54) is 11.1 Å². The molecule has 1 saturated heterocycles. The molecule has 6 heteroatoms. The van der Waals surface area contributed by atoms with E-state index >= 15 is 0 Å². The quantitative estimate of drug-likeness (QED) is 0.553. The molecule has 1 N–H and O–H groups in total. The van der Waals surface area contributed by atoms with E-state index in [1.807, 2.05) is 30.3 Å². The molecular formula is C29H33N3O3. The molecule has 3 aromatic rings. The Labute approximate surface area is 207 Å². The third kappa shape index (κ3) is 5.19. The van der Waals surface area contributed by atoms with Gasteiger partial charge in [0.1, 0.15) is 11.5 Å². The van der Waals surface area contributed by atoms with Gasteiger partial charge in [0.25, 0.3) is 0 Å². The molecule has 6 nitrogen and oxygen atoms in total. The first kappa shape index (κ1) is 23.4. The van der Waals surface area contributed by atoms with E-state index in [0.717, 1.165) is 72.9 Å². The van der Waals surface area contributed by atoms with Crippen LogP contribution in [0.2, 0.25) is 0 Å². The molecule has 2 aliphatic rings. The number of methoxy groups -OCH3 is 2. The van der Waals surface area contributed by atoms with E-state index in [1.54, 1.807) is 14.2 Å². The van der Waals surface area contributed by atoms with Gasteiger partial charge in [0.2, 0.25) is 0 Å². The Morgan fingerprint density at radius 1 is 0.857 bits per heavy atom. The van der Waals surface area contributed by atoms with Crippen LogP contribution in [0.1, 0.15) is 40.7 Å². The molecule has 3 aromatic carbocycles. The Kier molecular flexibility index (Phi) is 7.02. The molecule has 0 aliphatic carbocycles. The maximum absolute atomic E-state index is 9.27. The summed E-state index contributed by atoms with van der Waals surface area (Å²) in [7, 11) is 3.40. The van der Waals surface area contributed by atoms with Crippen LogP contribution in [0.5, 0.6) is 11.5 Å². The van der Waals surface area contributed by atoms with Crippen molar-refractivity contribution in [2.45, 2.75) is 38.6 Å². The highest BCUT2D eigenvalue weighted by atomic mass is 16.5. The molecule has 0 atom stereocenters. The molecule has 0 spiro atoms. The summed E-state index contributed by atoms with van der Waals surface area (Å²) >= 11 is 0. The van der Waals surface area contributed by atoms with Gasteiger partial charge in [-0.2, -0.15) is 5.10 Å². The molecule has 2 aliphatic heterocycles. The Morgan fingerprint density at radius 3 is 2.17 bits per heavy atom. The monoisotopic (exact) mass is 471 g/mol. The highest BCUT2D eigenvalue weighted by Crippen LogP contribution is 2.30. The van der Waals surface area contributed by atoms with Crippen LogP contribution >= 0.6 is 0 Å². The van der Waals surface area contributed by atoms with E-state index in [4.69, 9.17) is 14.6 Å². The maximum Gasteiger partial charge on any atom is 0.119 e. The summed E-state index contributed by atoms with van der Waals surface area (Å²) in [4.78, 5) is 2.51. The van der Waals surface area contributed by atoms with E-state index in [0.29, 0.717) is 6.04 Å². The zero-order chi connectivity index (χ0) is 24.2. The van der Waals surface area contributed by atoms with Crippen LogP contribution in [0, 0.1) is 0 Å². The SMILES string of the molecule is COc1ccc(C2=NN(C3CCN(Cc4ccc(CO)cc4)CC3)Cc3cc(OC)ccc32)cc1. The molecule has 0 amide bonds. The van der Waals surface area contributed by atoms with Gasteiger partial charge in [-0.25, -0.2) is 0 Å². The van der Waals surface area contributed by atoms with Gasteiger partial charge in [-0.3, -0.25) is 9.91 Å². The highest BCUT2D eigenvalue weighted by Gasteiger charge is 2.29. The standard InChI is InChI=1S/C29H33N3O3/c1-34-26-9-7-23(8-10-26)29-28-12-11-27(35-2)17-24(28)19-32(30-29)25-13-15-31(16-14-25)18-21-3-5-22(20-33)6-4-21/h3-12,17,25,33H,13-16,18-20H2,1-2H3. The van der Waals surface area contributed by atoms with Gasteiger partial charge in [0, 0.05) is 36.8 Å². The third-order valence-electron chi connectivity index (χ3n) is 7.08. The molecule has 2 heterocycles. The number of aliphatic hydroxyl groups excluding tert-OH is 1. The van der Waals surface area contributed by atoms with E-state index in [2.05, 4.69) is 46.3 Å². The van der Waals surface area contributed by atoms with Crippen LogP contribution in [-0.2, 0) is 19.7 Å². The van der Waals surface area contributed by atoms with Crippen molar-refractivity contribution in [3.63, 3.8) is 0 Å². The second-order valence-corrected chi connectivity index (χ2v) is 9.28. The van der Waals surface area contributed by atoms with Crippen LogP contribution in [0.15, 0.2) is 71.8 Å². The fourth-order valence-electron chi connectivity index (χ4n) is 5.01. The molecule has 0 bridgehead atoms. The number of rotatable bonds is 7. The lowest BCUT2D eigenvalue weighted by Gasteiger charge is -2.39. The minimum absolute atomic E-state index is 0.0928. The van der Waals surface area contributed by atoms with Gasteiger partial charge < -0.3 is 14.6 Å². The number of hydrogen-bond acceptors (Lipinski definition) is 6. The molecule has 5 rings (SSSR count). The topological polar surface area (TPSA) is 57.5 Å². The van der Waals surface area contributed by atoms with Crippen molar-refractivity contribution in [2.24, 2.45) is 5.10 Å². The number of aliphatic hydroxyl groups is 1. The minimum atomic E-state index is 0.0928. The number of benzene rings is 3. The van der Waals surface area contributed by atoms with Crippen molar-refractivity contribution < 1.29 is 14.6 Å². The number of likely N-dealkylation sites (tertiary alicyclic amines) is 1. The molecule has 0 saturated carbocycles. The number of ether oxygens (including phenoxy) is 2. The van der Waals surface area contributed by atoms with Crippen molar-refractivity contribution in [3.8, 4) is 11.5 Å². The number of fused-ring (bicyclic) bond motifs is 1. The number of hydrogen-bond donors (Lipinski definition) is 1. The second-order valence-electron chi connectivity index (χ2n) is 9.28. The van der Waals surface area contributed by atoms with Gasteiger partial charge >= 0.3 is 0 Å². The fourth-order valence-corrected chi connectivity index (χ4v) is 5.01. The fraction of sp³-hybridized carbons (Fsp3) is 0.345. The molecule has 35 heavy (non-hydrogen) atoms. The Morgan fingerprint density at radius 2 is 1.51 bits per heavy atom. The summed E-state index contributed by atoms with van der Waals surface area (Å²) in [6.07, 6.45) is 2.15. The minimum Gasteiger partial charge on any atom is -0.497 e. The maximum atomic E-state index is 9.27. The van der Waals surface area contributed by atoms with Gasteiger partial charge in [0.05, 0.1) is 33.1 Å². The number of nitrogens with zero attached hydrogens (tertiary/aromatic N) is 3. The van der Waals surface area contributed by atoms with Crippen molar-refractivity contribution in [2.75, 3.05) is 27.3 Å². The van der Waals surface area contributed by atoms with Gasteiger partial charge in [-0.1, -0.05) is 24.3 Å². The average Bonchev–Trinajstić information content (AvgIpc) is 2.93. The predicted molar refractivity (Wildman–Crippen MR) is 138 cm³/mol. The Hall–Kier alpha value is -3.35. The summed E-state index contributed by atoms with van der Waals surface area (Å²) in [5.41, 5.74) is 6.75. The first-order valence-electron chi connectivity index (χ1n) is 12.2. The molecule has 1 fully saturated rings. The average molecular weight is 472 g/mol. The van der Waals surface area contributed by atoms with Crippen LogP contribution in [0.3, 0.4) is 0 Å². The zero-order valence-electron chi connectivity index (χ0n) is 20.5. The van der Waals surface area contributed by atoms with Crippen molar-refractivity contribution in [3.05, 3.63) is 94.5 Å². The van der Waals surface area contributed by atoms with Crippen LogP contribution in [-0.4, -0.2) is 54.1 Å². The zero-order valence-corrected chi connectivity index (χ0v) is 20.5. The van der Waals surface area contributed by atoms with Crippen LogP contribution in [0.4, 0.5) is 0 Å². The lowest BCUT2D eigenvalue weighted by Crippen LogP contribution is -2.44.